The quantitative estimate of drug-likeness (QED) is 0.0581. The van der Waals surface area contributed by atoms with Crippen LogP contribution in [0.3, 0.4) is 0 Å². The SMILES string of the molecule is CC(C)C(NC(=O)C(CC(N)=O)NC(=O)C(N)CCCN=C(N)N)C(=O)NC(Cc1cnc[nH]1)C(=O)O. The highest BCUT2D eigenvalue weighted by Crippen LogP contribution is 2.07. The predicted molar refractivity (Wildman–Crippen MR) is 132 cm³/mol. The van der Waals surface area contributed by atoms with Crippen molar-refractivity contribution in [3.8, 4) is 0 Å². The number of hydrogen-bond donors (Lipinski definition) is 9. The number of H-pyrrole nitrogens is 1. The first-order valence-corrected chi connectivity index (χ1v) is 11.5. The number of amides is 4. The van der Waals surface area contributed by atoms with E-state index in [0.717, 1.165) is 0 Å². The van der Waals surface area contributed by atoms with E-state index in [-0.39, 0.29) is 25.3 Å². The summed E-state index contributed by atoms with van der Waals surface area (Å²) in [7, 11) is 0. The van der Waals surface area contributed by atoms with Crippen molar-refractivity contribution in [2.75, 3.05) is 6.54 Å². The molecule has 0 saturated heterocycles. The van der Waals surface area contributed by atoms with E-state index in [4.69, 9.17) is 22.9 Å². The number of nitrogens with one attached hydrogen (secondary N) is 4. The number of aromatic nitrogens is 2. The third-order valence-corrected chi connectivity index (χ3v) is 5.18. The molecule has 1 rings (SSSR count). The highest BCUT2D eigenvalue weighted by molar-refractivity contribution is 5.96. The van der Waals surface area contributed by atoms with Gasteiger partial charge in [-0.2, -0.15) is 0 Å². The molecule has 4 atom stereocenters. The number of imidazole rings is 1. The average Bonchev–Trinajstić information content (AvgIpc) is 3.31. The highest BCUT2D eigenvalue weighted by Gasteiger charge is 2.32. The van der Waals surface area contributed by atoms with E-state index in [1.54, 1.807) is 13.8 Å². The first kappa shape index (κ1) is 30.8. The normalized spacial score (nSPS) is 14.1. The molecule has 4 amide bonds. The maximum Gasteiger partial charge on any atom is 0.326 e. The molecule has 1 aromatic rings. The number of guanidine groups is 1. The molecule has 1 aromatic heterocycles. The second-order valence-electron chi connectivity index (χ2n) is 8.70. The Hall–Kier alpha value is -4.21. The van der Waals surface area contributed by atoms with Crippen LogP contribution in [0.5, 0.6) is 0 Å². The van der Waals surface area contributed by atoms with E-state index in [9.17, 15) is 29.1 Å². The van der Waals surface area contributed by atoms with Gasteiger partial charge in [0, 0.05) is 24.9 Å². The number of nitrogens with two attached hydrogens (primary N) is 4. The maximum atomic E-state index is 12.9. The number of aliphatic carboxylic acids is 1. The Balaban J connectivity index is 2.87. The van der Waals surface area contributed by atoms with Crippen molar-refractivity contribution in [3.63, 3.8) is 0 Å². The Labute approximate surface area is 213 Å². The van der Waals surface area contributed by atoms with E-state index < -0.39 is 66.1 Å². The minimum Gasteiger partial charge on any atom is -0.480 e. The molecule has 0 fully saturated rings. The summed E-state index contributed by atoms with van der Waals surface area (Å²) in [4.78, 5) is 71.8. The lowest BCUT2D eigenvalue weighted by atomic mass is 10.0. The molecular weight excluding hydrogens is 488 g/mol. The number of carboxylic acid groups (broad SMARTS) is 1. The first-order chi connectivity index (χ1) is 17.3. The van der Waals surface area contributed by atoms with Gasteiger partial charge >= 0.3 is 5.97 Å². The van der Waals surface area contributed by atoms with Crippen LogP contribution in [0.25, 0.3) is 0 Å². The second kappa shape index (κ2) is 15.0. The van der Waals surface area contributed by atoms with Crippen molar-refractivity contribution >= 4 is 35.6 Å². The number of hydrogen-bond acceptors (Lipinski definition) is 8. The number of aromatic amines is 1. The third kappa shape index (κ3) is 11.4. The van der Waals surface area contributed by atoms with E-state index in [1.807, 2.05) is 0 Å². The molecule has 0 spiro atoms. The number of primary amides is 1. The number of nitrogens with zero attached hydrogens (tertiary/aromatic N) is 2. The Morgan fingerprint density at radius 3 is 2.19 bits per heavy atom. The molecule has 0 radical (unpaired) electrons. The molecule has 0 aliphatic heterocycles. The minimum absolute atomic E-state index is 0.0682. The summed E-state index contributed by atoms with van der Waals surface area (Å²) in [6.45, 7) is 3.50. The van der Waals surface area contributed by atoms with Crippen LogP contribution in [-0.4, -0.2) is 81.3 Å². The van der Waals surface area contributed by atoms with Crippen molar-refractivity contribution in [1.82, 2.24) is 25.9 Å². The first-order valence-electron chi connectivity index (χ1n) is 11.5. The highest BCUT2D eigenvalue weighted by atomic mass is 16.4. The van der Waals surface area contributed by atoms with Gasteiger partial charge in [-0.1, -0.05) is 13.8 Å². The van der Waals surface area contributed by atoms with Crippen molar-refractivity contribution in [3.05, 3.63) is 18.2 Å². The van der Waals surface area contributed by atoms with Gasteiger partial charge in [0.2, 0.25) is 23.6 Å². The van der Waals surface area contributed by atoms with Crippen LogP contribution < -0.4 is 38.9 Å². The summed E-state index contributed by atoms with van der Waals surface area (Å²) in [6, 6.07) is -4.93. The van der Waals surface area contributed by atoms with E-state index >= 15 is 0 Å². The molecule has 37 heavy (non-hydrogen) atoms. The van der Waals surface area contributed by atoms with Gasteiger partial charge in [-0.3, -0.25) is 24.2 Å². The Kier molecular flexibility index (Phi) is 12.5. The number of carbonyl (C=O) groups is 5. The molecule has 0 saturated carbocycles. The largest absolute Gasteiger partial charge is 0.480 e. The molecule has 1 heterocycles. The predicted octanol–water partition coefficient (Wildman–Crippen LogP) is -3.60. The molecule has 16 nitrogen and oxygen atoms in total. The van der Waals surface area contributed by atoms with Crippen LogP contribution in [0.15, 0.2) is 17.5 Å². The number of carbonyl (C=O) groups excluding carboxylic acids is 4. The summed E-state index contributed by atoms with van der Waals surface area (Å²) in [5.41, 5.74) is 22.0. The molecule has 0 aliphatic carbocycles. The molecule has 0 aliphatic rings. The fraction of sp³-hybridized carbons (Fsp3) is 0.571. The van der Waals surface area contributed by atoms with Gasteiger partial charge < -0.3 is 49.0 Å². The van der Waals surface area contributed by atoms with Gasteiger partial charge in [0.25, 0.3) is 0 Å². The van der Waals surface area contributed by atoms with Crippen LogP contribution in [0.1, 0.15) is 38.8 Å². The monoisotopic (exact) mass is 524 g/mol. The zero-order valence-corrected chi connectivity index (χ0v) is 20.8. The van der Waals surface area contributed by atoms with Gasteiger partial charge in [0.15, 0.2) is 5.96 Å². The second-order valence-corrected chi connectivity index (χ2v) is 8.70. The van der Waals surface area contributed by atoms with Crippen LogP contribution in [0, 0.1) is 5.92 Å². The van der Waals surface area contributed by atoms with E-state index in [1.165, 1.54) is 12.5 Å². The number of aliphatic imine (C=N–C) groups is 1. The zero-order chi connectivity index (χ0) is 28.1. The van der Waals surface area contributed by atoms with Gasteiger partial charge in [-0.15, -0.1) is 0 Å². The lowest BCUT2D eigenvalue weighted by molar-refractivity contribution is -0.142. The number of carboxylic acids is 1. The Bertz CT molecular complexity index is 961. The standard InChI is InChI=1S/C21H36N10O6/c1-10(2)16(19(35)30-14(20(36)37)6-11-8-26-9-28-11)31-18(34)13(7-15(23)32)29-17(33)12(22)4-3-5-27-21(24)25/h8-10,12-14,16H,3-7,22H2,1-2H3,(H2,23,32)(H,26,28)(H,29,33)(H,30,35)(H,31,34)(H,36,37)(H4,24,25,27). The molecule has 0 bridgehead atoms. The van der Waals surface area contributed by atoms with Crippen LogP contribution in [0.2, 0.25) is 0 Å². The molecule has 16 heteroatoms. The summed E-state index contributed by atoms with van der Waals surface area (Å²) >= 11 is 0. The Morgan fingerprint density at radius 1 is 1.03 bits per heavy atom. The van der Waals surface area contributed by atoms with Gasteiger partial charge in [-0.05, 0) is 18.8 Å². The molecular formula is C21H36N10O6. The van der Waals surface area contributed by atoms with Gasteiger partial charge in [0.05, 0.1) is 18.8 Å². The van der Waals surface area contributed by atoms with Crippen LogP contribution >= 0.6 is 0 Å². The topological polar surface area (TPSA) is 287 Å². The summed E-state index contributed by atoms with van der Waals surface area (Å²) in [6.07, 6.45) is 2.75. The summed E-state index contributed by atoms with van der Waals surface area (Å²) in [5, 5.41) is 16.7. The minimum atomic E-state index is -1.41. The fourth-order valence-electron chi connectivity index (χ4n) is 3.21. The van der Waals surface area contributed by atoms with Gasteiger partial charge in [0.1, 0.15) is 18.1 Å². The maximum absolute atomic E-state index is 12.9. The molecule has 13 N–H and O–H groups in total. The van der Waals surface area contributed by atoms with Crippen LogP contribution in [-0.2, 0) is 30.4 Å². The Morgan fingerprint density at radius 2 is 1.68 bits per heavy atom. The smallest absolute Gasteiger partial charge is 0.326 e. The third-order valence-electron chi connectivity index (χ3n) is 5.18. The van der Waals surface area contributed by atoms with Crippen molar-refractivity contribution in [2.45, 2.75) is 63.7 Å². The summed E-state index contributed by atoms with van der Waals surface area (Å²) < 4.78 is 0. The summed E-state index contributed by atoms with van der Waals surface area (Å²) in [5.74, 6) is -5.10. The van der Waals surface area contributed by atoms with E-state index in [2.05, 4.69) is 30.9 Å². The molecule has 0 aromatic carbocycles. The van der Waals surface area contributed by atoms with E-state index in [0.29, 0.717) is 12.1 Å². The lowest BCUT2D eigenvalue weighted by Crippen LogP contribution is -2.59. The zero-order valence-electron chi connectivity index (χ0n) is 20.8. The molecule has 206 valence electrons. The van der Waals surface area contributed by atoms with Crippen molar-refractivity contribution in [1.29, 1.82) is 0 Å². The van der Waals surface area contributed by atoms with Crippen molar-refractivity contribution in [2.24, 2.45) is 33.8 Å². The lowest BCUT2D eigenvalue weighted by Gasteiger charge is -2.26. The number of rotatable bonds is 16. The fourth-order valence-corrected chi connectivity index (χ4v) is 3.21. The molecule has 4 unspecified atom stereocenters. The van der Waals surface area contributed by atoms with Crippen molar-refractivity contribution < 1.29 is 29.1 Å². The van der Waals surface area contributed by atoms with Crippen LogP contribution in [0.4, 0.5) is 0 Å². The average molecular weight is 525 g/mol. The van der Waals surface area contributed by atoms with Gasteiger partial charge in [-0.25, -0.2) is 9.78 Å².